The van der Waals surface area contributed by atoms with Crippen LogP contribution in [0.1, 0.15) is 19.3 Å². The minimum atomic E-state index is -0.105. The predicted molar refractivity (Wildman–Crippen MR) is 104 cm³/mol. The van der Waals surface area contributed by atoms with Crippen molar-refractivity contribution in [2.24, 2.45) is 0 Å². The van der Waals surface area contributed by atoms with E-state index in [4.69, 9.17) is 9.72 Å². The van der Waals surface area contributed by atoms with E-state index in [-0.39, 0.29) is 11.2 Å². The largest absolute Gasteiger partial charge is 0.497 e. The van der Waals surface area contributed by atoms with Crippen LogP contribution in [0.4, 0.5) is 0 Å². The standard InChI is InChI=1S/C20H21N3O2S/c1-25-15-11-9-14(10-12-15)23-17-7-3-2-6-16(17)22-20(23)26-18-8-4-5-13-21-19(18)24/h2-3,6-7,9-12,18H,4-5,8,13H2,1H3,(H,21,24). The SMILES string of the molecule is COc1ccc(-n2c(SC3CCCCNC3=O)nc3ccccc32)cc1. The van der Waals surface area contributed by atoms with E-state index in [9.17, 15) is 4.79 Å². The molecule has 1 aliphatic rings. The zero-order valence-corrected chi connectivity index (χ0v) is 15.5. The lowest BCUT2D eigenvalue weighted by molar-refractivity contribution is -0.120. The molecule has 0 saturated carbocycles. The van der Waals surface area contributed by atoms with Gasteiger partial charge in [0.2, 0.25) is 5.91 Å². The van der Waals surface area contributed by atoms with Crippen molar-refractivity contribution in [3.05, 3.63) is 48.5 Å². The van der Waals surface area contributed by atoms with Crippen LogP contribution in [0.2, 0.25) is 0 Å². The number of aromatic nitrogens is 2. The van der Waals surface area contributed by atoms with Gasteiger partial charge in [-0.3, -0.25) is 9.36 Å². The van der Waals surface area contributed by atoms with Gasteiger partial charge in [0, 0.05) is 12.2 Å². The van der Waals surface area contributed by atoms with Crippen molar-refractivity contribution in [1.82, 2.24) is 14.9 Å². The maximum absolute atomic E-state index is 12.4. The lowest BCUT2D eigenvalue weighted by Gasteiger charge is -2.14. The second-order valence-electron chi connectivity index (χ2n) is 6.31. The fourth-order valence-corrected chi connectivity index (χ4v) is 4.40. The molecule has 0 radical (unpaired) electrons. The van der Waals surface area contributed by atoms with E-state index in [1.54, 1.807) is 18.9 Å². The molecule has 1 fully saturated rings. The van der Waals surface area contributed by atoms with Crippen molar-refractivity contribution in [2.45, 2.75) is 29.7 Å². The number of carbonyl (C=O) groups excluding carboxylic acids is 1. The van der Waals surface area contributed by atoms with Crippen molar-refractivity contribution in [3.63, 3.8) is 0 Å². The number of carbonyl (C=O) groups is 1. The van der Waals surface area contributed by atoms with Crippen LogP contribution in [0.25, 0.3) is 16.7 Å². The van der Waals surface area contributed by atoms with Crippen LogP contribution >= 0.6 is 11.8 Å². The van der Waals surface area contributed by atoms with E-state index in [1.165, 1.54) is 0 Å². The van der Waals surface area contributed by atoms with Crippen LogP contribution in [-0.4, -0.2) is 34.4 Å². The number of thioether (sulfide) groups is 1. The summed E-state index contributed by atoms with van der Waals surface area (Å²) in [4.78, 5) is 17.2. The highest BCUT2D eigenvalue weighted by Crippen LogP contribution is 2.33. The third kappa shape index (κ3) is 3.29. The van der Waals surface area contributed by atoms with E-state index < -0.39 is 0 Å². The maximum atomic E-state index is 12.4. The van der Waals surface area contributed by atoms with E-state index in [0.717, 1.165) is 53.4 Å². The van der Waals surface area contributed by atoms with Gasteiger partial charge in [0.1, 0.15) is 5.75 Å². The van der Waals surface area contributed by atoms with Gasteiger partial charge in [-0.2, -0.15) is 0 Å². The summed E-state index contributed by atoms with van der Waals surface area (Å²) in [6, 6.07) is 16.0. The summed E-state index contributed by atoms with van der Waals surface area (Å²) in [5, 5.41) is 3.75. The molecular formula is C20H21N3O2S. The molecule has 6 heteroatoms. The molecule has 134 valence electrons. The first-order valence-corrected chi connectivity index (χ1v) is 9.70. The van der Waals surface area contributed by atoms with Gasteiger partial charge < -0.3 is 10.1 Å². The van der Waals surface area contributed by atoms with Crippen LogP contribution in [0.15, 0.2) is 53.7 Å². The first kappa shape index (κ1) is 17.0. The van der Waals surface area contributed by atoms with E-state index >= 15 is 0 Å². The first-order valence-electron chi connectivity index (χ1n) is 8.82. The number of hydrogen-bond acceptors (Lipinski definition) is 4. The molecule has 1 aromatic heterocycles. The van der Waals surface area contributed by atoms with Gasteiger partial charge in [-0.05, 0) is 49.2 Å². The Labute approximate surface area is 156 Å². The molecule has 0 spiro atoms. The highest BCUT2D eigenvalue weighted by atomic mass is 32.2. The summed E-state index contributed by atoms with van der Waals surface area (Å²) in [5.41, 5.74) is 2.98. The zero-order chi connectivity index (χ0) is 17.9. The number of methoxy groups -OCH3 is 1. The number of amides is 1. The van der Waals surface area contributed by atoms with Crippen molar-refractivity contribution in [1.29, 1.82) is 0 Å². The topological polar surface area (TPSA) is 56.1 Å². The molecule has 4 rings (SSSR count). The lowest BCUT2D eigenvalue weighted by atomic mass is 10.2. The van der Waals surface area contributed by atoms with Gasteiger partial charge in [-0.15, -0.1) is 0 Å². The molecule has 26 heavy (non-hydrogen) atoms. The van der Waals surface area contributed by atoms with Crippen LogP contribution in [-0.2, 0) is 4.79 Å². The second-order valence-corrected chi connectivity index (χ2v) is 7.48. The number of benzene rings is 2. The summed E-state index contributed by atoms with van der Waals surface area (Å²) in [6.07, 6.45) is 2.97. The number of ether oxygens (including phenoxy) is 1. The Morgan fingerprint density at radius 2 is 1.96 bits per heavy atom. The van der Waals surface area contributed by atoms with Gasteiger partial charge in [-0.1, -0.05) is 30.3 Å². The Kier molecular flexibility index (Phi) is 4.84. The highest BCUT2D eigenvalue weighted by molar-refractivity contribution is 8.00. The Bertz CT molecular complexity index is 920. The van der Waals surface area contributed by atoms with Crippen LogP contribution in [0, 0.1) is 0 Å². The highest BCUT2D eigenvalue weighted by Gasteiger charge is 2.25. The van der Waals surface area contributed by atoms with Gasteiger partial charge >= 0.3 is 0 Å². The third-order valence-corrected chi connectivity index (χ3v) is 5.81. The molecule has 3 aromatic rings. The predicted octanol–water partition coefficient (Wildman–Crippen LogP) is 3.79. The van der Waals surface area contributed by atoms with Gasteiger partial charge in [0.25, 0.3) is 0 Å². The molecule has 1 saturated heterocycles. The van der Waals surface area contributed by atoms with Crippen LogP contribution in [0.3, 0.4) is 0 Å². The lowest BCUT2D eigenvalue weighted by Crippen LogP contribution is -2.30. The van der Waals surface area contributed by atoms with E-state index in [2.05, 4.69) is 16.0 Å². The molecule has 1 aliphatic heterocycles. The Balaban J connectivity index is 1.77. The summed E-state index contributed by atoms with van der Waals surface area (Å²) in [6.45, 7) is 0.769. The third-order valence-electron chi connectivity index (χ3n) is 4.59. The van der Waals surface area contributed by atoms with E-state index in [0.29, 0.717) is 0 Å². The van der Waals surface area contributed by atoms with E-state index in [1.807, 2.05) is 42.5 Å². The molecule has 1 N–H and O–H groups in total. The van der Waals surface area contributed by atoms with Crippen molar-refractivity contribution in [3.8, 4) is 11.4 Å². The molecule has 5 nitrogen and oxygen atoms in total. The molecular weight excluding hydrogens is 346 g/mol. The van der Waals surface area contributed by atoms with Crippen molar-refractivity contribution in [2.75, 3.05) is 13.7 Å². The molecule has 1 amide bonds. The first-order chi connectivity index (χ1) is 12.8. The molecule has 2 aromatic carbocycles. The quantitative estimate of drug-likeness (QED) is 0.762. The van der Waals surface area contributed by atoms with Gasteiger partial charge in [0.15, 0.2) is 5.16 Å². The minimum Gasteiger partial charge on any atom is -0.497 e. The number of nitrogens with one attached hydrogen (secondary N) is 1. The Morgan fingerprint density at radius 1 is 1.15 bits per heavy atom. The maximum Gasteiger partial charge on any atom is 0.233 e. The monoisotopic (exact) mass is 367 g/mol. The summed E-state index contributed by atoms with van der Waals surface area (Å²) >= 11 is 1.55. The molecule has 2 heterocycles. The Morgan fingerprint density at radius 3 is 2.77 bits per heavy atom. The smallest absolute Gasteiger partial charge is 0.233 e. The normalized spacial score (nSPS) is 17.7. The molecule has 1 atom stereocenters. The Hall–Kier alpha value is -2.47. The summed E-state index contributed by atoms with van der Waals surface area (Å²) in [5.74, 6) is 0.927. The minimum absolute atomic E-state index is 0.105. The number of fused-ring (bicyclic) bond motifs is 1. The summed E-state index contributed by atoms with van der Waals surface area (Å²) < 4.78 is 7.39. The average Bonchev–Trinajstić information content (AvgIpc) is 2.92. The van der Waals surface area contributed by atoms with Crippen molar-refractivity contribution < 1.29 is 9.53 Å². The summed E-state index contributed by atoms with van der Waals surface area (Å²) in [7, 11) is 1.66. The number of nitrogens with zero attached hydrogens (tertiary/aromatic N) is 2. The fourth-order valence-electron chi connectivity index (χ4n) is 3.21. The zero-order valence-electron chi connectivity index (χ0n) is 14.6. The van der Waals surface area contributed by atoms with Gasteiger partial charge in [0.05, 0.1) is 23.4 Å². The second kappa shape index (κ2) is 7.41. The van der Waals surface area contributed by atoms with Gasteiger partial charge in [-0.25, -0.2) is 4.98 Å². The molecule has 0 aliphatic carbocycles. The number of imidazole rings is 1. The van der Waals surface area contributed by atoms with Crippen LogP contribution < -0.4 is 10.1 Å². The number of rotatable bonds is 4. The number of hydrogen-bond donors (Lipinski definition) is 1. The average molecular weight is 367 g/mol. The fraction of sp³-hybridized carbons (Fsp3) is 0.300. The van der Waals surface area contributed by atoms with Crippen LogP contribution in [0.5, 0.6) is 5.75 Å². The molecule has 1 unspecified atom stereocenters. The van der Waals surface area contributed by atoms with Crippen molar-refractivity contribution >= 4 is 28.7 Å². The molecule has 0 bridgehead atoms. The number of para-hydroxylation sites is 2.